The van der Waals surface area contributed by atoms with Gasteiger partial charge in [0.1, 0.15) is 17.8 Å². The predicted octanol–water partition coefficient (Wildman–Crippen LogP) is 1.51. The highest BCUT2D eigenvalue weighted by Crippen LogP contribution is 2.43. The average molecular weight is 482 g/mol. The van der Waals surface area contributed by atoms with E-state index >= 15 is 0 Å². The summed E-state index contributed by atoms with van der Waals surface area (Å²) in [4.78, 5) is 22.9. The molecule has 0 bridgehead atoms. The van der Waals surface area contributed by atoms with Gasteiger partial charge in [0.15, 0.2) is 0 Å². The Balaban J connectivity index is 1.30. The van der Waals surface area contributed by atoms with Gasteiger partial charge < -0.3 is 15.2 Å². The predicted molar refractivity (Wildman–Crippen MR) is 128 cm³/mol. The molecule has 1 amide bonds. The SMILES string of the molecule is Nc1ncnc2c1c(-c1cccc(CN3CC(=O)NS3(=O)=O)c1)cn2C1CC(CN2CCC2)C1. The van der Waals surface area contributed by atoms with Gasteiger partial charge in [-0.25, -0.2) is 14.7 Å². The number of carbonyl (C=O) groups excluding carboxylic acids is 1. The van der Waals surface area contributed by atoms with Crippen LogP contribution >= 0.6 is 0 Å². The lowest BCUT2D eigenvalue weighted by atomic mass is 9.79. The second-order valence-electron chi connectivity index (χ2n) is 9.55. The largest absolute Gasteiger partial charge is 0.383 e. The van der Waals surface area contributed by atoms with E-state index in [9.17, 15) is 13.2 Å². The van der Waals surface area contributed by atoms with Crippen molar-refractivity contribution in [2.24, 2.45) is 5.92 Å². The van der Waals surface area contributed by atoms with Crippen molar-refractivity contribution < 1.29 is 13.2 Å². The van der Waals surface area contributed by atoms with Crippen LogP contribution in [0.1, 0.15) is 30.9 Å². The molecule has 10 nitrogen and oxygen atoms in total. The number of nitrogens with one attached hydrogen (secondary N) is 1. The number of benzene rings is 1. The summed E-state index contributed by atoms with van der Waals surface area (Å²) < 4.78 is 29.7. The molecule has 3 N–H and O–H groups in total. The van der Waals surface area contributed by atoms with Crippen LogP contribution in [0.3, 0.4) is 0 Å². The molecule has 2 aromatic heterocycles. The number of nitrogens with two attached hydrogens (primary N) is 1. The normalized spacial score (nSPS) is 24.6. The average Bonchev–Trinajstić information content (AvgIpc) is 3.23. The van der Waals surface area contributed by atoms with Crippen LogP contribution in [0.15, 0.2) is 36.8 Å². The van der Waals surface area contributed by atoms with Crippen molar-refractivity contribution >= 4 is 33.0 Å². The van der Waals surface area contributed by atoms with E-state index in [-0.39, 0.29) is 13.1 Å². The van der Waals surface area contributed by atoms with Crippen molar-refractivity contribution in [2.75, 3.05) is 31.9 Å². The Hall–Kier alpha value is -3.02. The van der Waals surface area contributed by atoms with Crippen LogP contribution in [-0.2, 0) is 21.5 Å². The second kappa shape index (κ2) is 8.03. The van der Waals surface area contributed by atoms with Crippen LogP contribution in [-0.4, -0.2) is 64.2 Å². The van der Waals surface area contributed by atoms with Gasteiger partial charge in [-0.1, -0.05) is 18.2 Å². The minimum absolute atomic E-state index is 0.111. The van der Waals surface area contributed by atoms with E-state index < -0.39 is 16.1 Å². The maximum absolute atomic E-state index is 12.1. The number of likely N-dealkylation sites (tertiary alicyclic amines) is 1. The van der Waals surface area contributed by atoms with Crippen molar-refractivity contribution in [1.82, 2.24) is 28.5 Å². The number of hydrogen-bond acceptors (Lipinski definition) is 7. The highest BCUT2D eigenvalue weighted by molar-refractivity contribution is 7.88. The maximum atomic E-state index is 12.1. The first-order chi connectivity index (χ1) is 16.4. The molecule has 3 aromatic rings. The smallest absolute Gasteiger partial charge is 0.304 e. The van der Waals surface area contributed by atoms with E-state index in [1.54, 1.807) is 0 Å². The number of nitrogens with zero attached hydrogens (tertiary/aromatic N) is 5. The zero-order valence-corrected chi connectivity index (χ0v) is 19.5. The summed E-state index contributed by atoms with van der Waals surface area (Å²) in [7, 11) is -3.78. The minimum Gasteiger partial charge on any atom is -0.383 e. The number of aromatic nitrogens is 3. The van der Waals surface area contributed by atoms with Gasteiger partial charge in [-0.2, -0.15) is 12.7 Å². The van der Waals surface area contributed by atoms with Gasteiger partial charge in [-0.15, -0.1) is 0 Å². The van der Waals surface area contributed by atoms with Crippen molar-refractivity contribution in [2.45, 2.75) is 31.8 Å². The highest BCUT2D eigenvalue weighted by Gasteiger charge is 2.35. The molecule has 3 fully saturated rings. The fourth-order valence-electron chi connectivity index (χ4n) is 5.28. The summed E-state index contributed by atoms with van der Waals surface area (Å²) in [6.45, 7) is 3.56. The fraction of sp³-hybridized carbons (Fsp3) is 0.435. The first kappa shape index (κ1) is 21.5. The van der Waals surface area contributed by atoms with Gasteiger partial charge in [-0.05, 0) is 55.5 Å². The van der Waals surface area contributed by atoms with Gasteiger partial charge in [0.25, 0.3) is 0 Å². The Kier molecular flexibility index (Phi) is 5.08. The molecule has 0 atom stereocenters. The third kappa shape index (κ3) is 3.73. The number of anilines is 1. The number of hydrogen-bond donors (Lipinski definition) is 2. The summed E-state index contributed by atoms with van der Waals surface area (Å²) in [6, 6.07) is 8.04. The molecule has 34 heavy (non-hydrogen) atoms. The van der Waals surface area contributed by atoms with Crippen molar-refractivity contribution in [1.29, 1.82) is 0 Å². The lowest BCUT2D eigenvalue weighted by Gasteiger charge is -2.42. The molecule has 1 aliphatic carbocycles. The Morgan fingerprint density at radius 2 is 2.00 bits per heavy atom. The van der Waals surface area contributed by atoms with Crippen molar-refractivity contribution in [3.8, 4) is 11.1 Å². The van der Waals surface area contributed by atoms with E-state index in [0.29, 0.717) is 17.8 Å². The Morgan fingerprint density at radius 3 is 2.71 bits per heavy atom. The van der Waals surface area contributed by atoms with Crippen LogP contribution in [0.2, 0.25) is 0 Å². The molecular formula is C23H27N7O3S. The third-order valence-electron chi connectivity index (χ3n) is 7.21. The summed E-state index contributed by atoms with van der Waals surface area (Å²) in [6.07, 6.45) is 7.17. The third-order valence-corrected chi connectivity index (χ3v) is 8.63. The number of nitrogen functional groups attached to an aromatic ring is 1. The Morgan fingerprint density at radius 1 is 1.18 bits per heavy atom. The number of amides is 1. The molecule has 11 heteroatoms. The zero-order chi connectivity index (χ0) is 23.4. The first-order valence-electron chi connectivity index (χ1n) is 11.6. The van der Waals surface area contributed by atoms with Crippen LogP contribution < -0.4 is 10.5 Å². The van der Waals surface area contributed by atoms with Crippen LogP contribution in [0.5, 0.6) is 0 Å². The molecule has 1 saturated carbocycles. The van der Waals surface area contributed by atoms with E-state index in [2.05, 4.69) is 25.6 Å². The Labute approximate surface area is 197 Å². The Bertz CT molecular complexity index is 1380. The topological polar surface area (TPSA) is 126 Å². The molecule has 1 aromatic carbocycles. The van der Waals surface area contributed by atoms with Crippen LogP contribution in [0, 0.1) is 5.92 Å². The number of fused-ring (bicyclic) bond motifs is 1. The zero-order valence-electron chi connectivity index (χ0n) is 18.7. The summed E-state index contributed by atoms with van der Waals surface area (Å²) in [5, 5.41) is 0.816. The van der Waals surface area contributed by atoms with Crippen LogP contribution in [0.4, 0.5) is 5.82 Å². The number of rotatable bonds is 6. The van der Waals surface area contributed by atoms with Gasteiger partial charge >= 0.3 is 10.2 Å². The van der Waals surface area contributed by atoms with Gasteiger partial charge in [0.2, 0.25) is 5.91 Å². The summed E-state index contributed by atoms with van der Waals surface area (Å²) in [5.74, 6) is 0.627. The molecule has 0 unspecified atom stereocenters. The minimum atomic E-state index is -3.78. The van der Waals surface area contributed by atoms with E-state index in [1.807, 2.05) is 29.0 Å². The van der Waals surface area contributed by atoms with E-state index in [4.69, 9.17) is 5.73 Å². The molecule has 178 valence electrons. The first-order valence-corrected chi connectivity index (χ1v) is 13.0. The van der Waals surface area contributed by atoms with Crippen molar-refractivity contribution in [3.05, 3.63) is 42.4 Å². The van der Waals surface area contributed by atoms with E-state index in [1.165, 1.54) is 32.4 Å². The molecular weight excluding hydrogens is 454 g/mol. The lowest BCUT2D eigenvalue weighted by Crippen LogP contribution is -2.43. The standard InChI is InChI=1S/C23H27N7O3S/c24-22-21-19(17-4-1-3-15(7-17)11-29-13-20(31)27-34(29,32)33)12-30(23(21)26-14-25-22)18-8-16(9-18)10-28-5-2-6-28/h1,3-4,7,12,14,16,18H,2,5-6,8-11,13H2,(H,27,31)(H2,24,25,26). The molecule has 2 saturated heterocycles. The quantitative estimate of drug-likeness (QED) is 0.546. The summed E-state index contributed by atoms with van der Waals surface area (Å²) in [5.41, 5.74) is 9.76. The molecule has 4 heterocycles. The molecule has 3 aliphatic rings. The monoisotopic (exact) mass is 481 g/mol. The second-order valence-corrected chi connectivity index (χ2v) is 11.2. The summed E-state index contributed by atoms with van der Waals surface area (Å²) >= 11 is 0. The molecule has 0 spiro atoms. The molecule has 0 radical (unpaired) electrons. The van der Waals surface area contributed by atoms with Gasteiger partial charge in [0, 0.05) is 30.9 Å². The molecule has 6 rings (SSSR count). The number of carbonyl (C=O) groups is 1. The van der Waals surface area contributed by atoms with Crippen LogP contribution in [0.25, 0.3) is 22.2 Å². The van der Waals surface area contributed by atoms with Gasteiger partial charge in [-0.3, -0.25) is 4.79 Å². The maximum Gasteiger partial charge on any atom is 0.304 e. The lowest BCUT2D eigenvalue weighted by molar-refractivity contribution is -0.118. The molecule has 2 aliphatic heterocycles. The van der Waals surface area contributed by atoms with E-state index in [0.717, 1.165) is 44.9 Å². The van der Waals surface area contributed by atoms with Gasteiger partial charge in [0.05, 0.1) is 11.9 Å². The fourth-order valence-corrected chi connectivity index (χ4v) is 6.37. The van der Waals surface area contributed by atoms with Crippen molar-refractivity contribution in [3.63, 3.8) is 0 Å². The highest BCUT2D eigenvalue weighted by atomic mass is 32.2.